The number of hydrogen-bond donors (Lipinski definition) is 0. The molecule has 0 saturated carbocycles. The van der Waals surface area contributed by atoms with Gasteiger partial charge in [-0.05, 0) is 18.2 Å². The zero-order valence-corrected chi connectivity index (χ0v) is 17.9. The minimum absolute atomic E-state index is 0.000227. The van der Waals surface area contributed by atoms with Gasteiger partial charge < -0.3 is 14.5 Å². The van der Waals surface area contributed by atoms with Crippen molar-refractivity contribution in [2.45, 2.75) is 0 Å². The molecule has 1 fully saturated rings. The number of carbonyl (C=O) groups excluding carboxylic acids is 1. The van der Waals surface area contributed by atoms with Crippen molar-refractivity contribution in [3.8, 4) is 17.0 Å². The third kappa shape index (κ3) is 3.75. The normalized spacial score (nSPS) is 13.9. The van der Waals surface area contributed by atoms with Gasteiger partial charge in [-0.3, -0.25) is 4.79 Å². The van der Waals surface area contributed by atoms with Crippen molar-refractivity contribution < 1.29 is 9.53 Å². The van der Waals surface area contributed by atoms with Gasteiger partial charge in [-0.25, -0.2) is 0 Å². The Labute approximate surface area is 187 Å². The van der Waals surface area contributed by atoms with Crippen molar-refractivity contribution >= 4 is 22.5 Å². The molecule has 0 atom stereocenters. The summed E-state index contributed by atoms with van der Waals surface area (Å²) in [6, 6.07) is 25.5. The number of piperazine rings is 1. The van der Waals surface area contributed by atoms with Gasteiger partial charge in [-0.1, -0.05) is 54.6 Å². The smallest absolute Gasteiger partial charge is 0.256 e. The van der Waals surface area contributed by atoms with Crippen LogP contribution >= 0.6 is 0 Å². The molecule has 2 heterocycles. The Balaban J connectivity index is 1.45. The van der Waals surface area contributed by atoms with Gasteiger partial charge in [0, 0.05) is 48.9 Å². The molecule has 3 aromatic carbocycles. The van der Waals surface area contributed by atoms with Crippen LogP contribution in [0, 0.1) is 0 Å². The molecule has 1 aliphatic heterocycles. The van der Waals surface area contributed by atoms with Gasteiger partial charge >= 0.3 is 0 Å². The maximum atomic E-state index is 13.8. The Hall–Kier alpha value is -3.93. The number of fused-ring (bicyclic) bond motifs is 1. The second-order valence-corrected chi connectivity index (χ2v) is 7.79. The standard InChI is InChI=1S/C26H24N4O2/c1-32-21-11-7-10-20(18-21)29-14-16-30(17-15-29)26(31)24-22-12-5-6-13-23(22)27-28-25(24)19-8-3-2-4-9-19/h2-13,18H,14-17H2,1H3. The third-order valence-electron chi connectivity index (χ3n) is 5.91. The molecule has 160 valence electrons. The molecule has 0 radical (unpaired) electrons. The topological polar surface area (TPSA) is 58.6 Å². The number of aromatic nitrogens is 2. The van der Waals surface area contributed by atoms with E-state index in [0.29, 0.717) is 24.3 Å². The van der Waals surface area contributed by atoms with E-state index in [1.54, 1.807) is 7.11 Å². The number of methoxy groups -OCH3 is 1. The van der Waals surface area contributed by atoms with E-state index >= 15 is 0 Å². The fourth-order valence-electron chi connectivity index (χ4n) is 4.20. The van der Waals surface area contributed by atoms with Crippen LogP contribution in [0.2, 0.25) is 0 Å². The molecule has 0 N–H and O–H groups in total. The van der Waals surface area contributed by atoms with Crippen LogP contribution in [-0.4, -0.2) is 54.3 Å². The zero-order valence-electron chi connectivity index (χ0n) is 17.9. The van der Waals surface area contributed by atoms with E-state index in [1.165, 1.54) is 0 Å². The van der Waals surface area contributed by atoms with E-state index < -0.39 is 0 Å². The van der Waals surface area contributed by atoms with Crippen LogP contribution in [0.25, 0.3) is 22.2 Å². The maximum absolute atomic E-state index is 13.8. The second kappa shape index (κ2) is 8.67. The number of nitrogens with zero attached hydrogens (tertiary/aromatic N) is 4. The van der Waals surface area contributed by atoms with Crippen molar-refractivity contribution in [1.82, 2.24) is 15.1 Å². The highest BCUT2D eigenvalue weighted by atomic mass is 16.5. The first kappa shape index (κ1) is 20.0. The van der Waals surface area contributed by atoms with E-state index in [-0.39, 0.29) is 5.91 Å². The number of ether oxygens (including phenoxy) is 1. The largest absolute Gasteiger partial charge is 0.497 e. The van der Waals surface area contributed by atoms with Crippen LogP contribution in [0.1, 0.15) is 10.4 Å². The van der Waals surface area contributed by atoms with Crippen molar-refractivity contribution in [3.63, 3.8) is 0 Å². The molecule has 0 spiro atoms. The molecule has 1 amide bonds. The zero-order chi connectivity index (χ0) is 21.9. The number of rotatable bonds is 4. The molecule has 32 heavy (non-hydrogen) atoms. The summed E-state index contributed by atoms with van der Waals surface area (Å²) in [6.45, 7) is 2.80. The molecule has 0 unspecified atom stereocenters. The molecule has 4 aromatic rings. The van der Waals surface area contributed by atoms with E-state index in [1.807, 2.05) is 77.7 Å². The quantitative estimate of drug-likeness (QED) is 0.490. The molecular weight excluding hydrogens is 400 g/mol. The number of benzene rings is 3. The van der Waals surface area contributed by atoms with Gasteiger partial charge in [-0.15, -0.1) is 10.2 Å². The summed E-state index contributed by atoms with van der Waals surface area (Å²) in [5, 5.41) is 9.66. The molecule has 0 aliphatic carbocycles. The molecule has 6 nitrogen and oxygen atoms in total. The molecule has 1 aliphatic rings. The minimum atomic E-state index is 0.000227. The lowest BCUT2D eigenvalue weighted by atomic mass is 10.0. The fraction of sp³-hybridized carbons (Fsp3) is 0.192. The van der Waals surface area contributed by atoms with Crippen molar-refractivity contribution in [1.29, 1.82) is 0 Å². The number of hydrogen-bond acceptors (Lipinski definition) is 5. The summed E-state index contributed by atoms with van der Waals surface area (Å²) in [4.78, 5) is 18.0. The lowest BCUT2D eigenvalue weighted by Gasteiger charge is -2.36. The highest BCUT2D eigenvalue weighted by Crippen LogP contribution is 2.29. The summed E-state index contributed by atoms with van der Waals surface area (Å²) < 4.78 is 5.35. The van der Waals surface area contributed by atoms with Gasteiger partial charge in [0.25, 0.3) is 5.91 Å². The van der Waals surface area contributed by atoms with Crippen LogP contribution in [0.4, 0.5) is 5.69 Å². The lowest BCUT2D eigenvalue weighted by Crippen LogP contribution is -2.49. The van der Waals surface area contributed by atoms with Gasteiger partial charge in [-0.2, -0.15) is 0 Å². The monoisotopic (exact) mass is 424 g/mol. The summed E-state index contributed by atoms with van der Waals surface area (Å²) in [5.74, 6) is 0.836. The molecule has 1 saturated heterocycles. The molecule has 1 aromatic heterocycles. The highest BCUT2D eigenvalue weighted by molar-refractivity contribution is 6.10. The molecule has 0 bridgehead atoms. The minimum Gasteiger partial charge on any atom is -0.497 e. The Bertz CT molecular complexity index is 1250. The first-order valence-electron chi connectivity index (χ1n) is 10.7. The summed E-state index contributed by atoms with van der Waals surface area (Å²) in [6.07, 6.45) is 0. The van der Waals surface area contributed by atoms with E-state index in [2.05, 4.69) is 21.2 Å². The SMILES string of the molecule is COc1cccc(N2CCN(C(=O)c3c(-c4ccccc4)nnc4ccccc34)CC2)c1. The predicted octanol–water partition coefficient (Wildman–Crippen LogP) is 4.27. The van der Waals surface area contributed by atoms with Crippen LogP contribution in [-0.2, 0) is 0 Å². The average Bonchev–Trinajstić information content (AvgIpc) is 2.88. The fourth-order valence-corrected chi connectivity index (χ4v) is 4.20. The number of amides is 1. The molecular formula is C26H24N4O2. The molecule has 6 heteroatoms. The summed E-state index contributed by atoms with van der Waals surface area (Å²) >= 11 is 0. The van der Waals surface area contributed by atoms with E-state index in [4.69, 9.17) is 4.74 Å². The van der Waals surface area contributed by atoms with Gasteiger partial charge in [0.1, 0.15) is 11.4 Å². The second-order valence-electron chi connectivity index (χ2n) is 7.79. The Kier molecular flexibility index (Phi) is 5.42. The van der Waals surface area contributed by atoms with Crippen LogP contribution in [0.3, 0.4) is 0 Å². The van der Waals surface area contributed by atoms with Crippen LogP contribution in [0.5, 0.6) is 5.75 Å². The number of anilines is 1. The van der Waals surface area contributed by atoms with Crippen LogP contribution in [0.15, 0.2) is 78.9 Å². The molecule has 5 rings (SSSR count). The number of carbonyl (C=O) groups is 1. The van der Waals surface area contributed by atoms with Gasteiger partial charge in [0.15, 0.2) is 0 Å². The van der Waals surface area contributed by atoms with Crippen molar-refractivity contribution in [2.75, 3.05) is 38.2 Å². The summed E-state index contributed by atoms with van der Waals surface area (Å²) in [7, 11) is 1.67. The van der Waals surface area contributed by atoms with Crippen LogP contribution < -0.4 is 9.64 Å². The Morgan fingerprint density at radius 1 is 0.844 bits per heavy atom. The third-order valence-corrected chi connectivity index (χ3v) is 5.91. The van der Waals surface area contributed by atoms with E-state index in [9.17, 15) is 4.79 Å². The first-order chi connectivity index (χ1) is 15.7. The lowest BCUT2D eigenvalue weighted by molar-refractivity contribution is 0.0749. The van der Waals surface area contributed by atoms with Crippen molar-refractivity contribution in [3.05, 3.63) is 84.4 Å². The Morgan fingerprint density at radius 2 is 1.59 bits per heavy atom. The maximum Gasteiger partial charge on any atom is 0.256 e. The Morgan fingerprint density at radius 3 is 2.38 bits per heavy atom. The van der Waals surface area contributed by atoms with Gasteiger partial charge in [0.2, 0.25) is 0 Å². The van der Waals surface area contributed by atoms with Crippen molar-refractivity contribution in [2.24, 2.45) is 0 Å². The summed E-state index contributed by atoms with van der Waals surface area (Å²) in [5.41, 5.74) is 3.98. The predicted molar refractivity (Wildman–Crippen MR) is 126 cm³/mol. The highest BCUT2D eigenvalue weighted by Gasteiger charge is 2.27. The first-order valence-corrected chi connectivity index (χ1v) is 10.7. The average molecular weight is 425 g/mol. The van der Waals surface area contributed by atoms with E-state index in [0.717, 1.165) is 41.0 Å². The van der Waals surface area contributed by atoms with Gasteiger partial charge in [0.05, 0.1) is 18.2 Å².